The van der Waals surface area contributed by atoms with Crippen molar-refractivity contribution in [3.05, 3.63) is 88.7 Å². The topological polar surface area (TPSA) is 46.6 Å². The highest BCUT2D eigenvalue weighted by molar-refractivity contribution is 7.92. The Morgan fingerprint density at radius 3 is 2.43 bits per heavy atom. The second-order valence-corrected chi connectivity index (χ2v) is 8.52. The van der Waals surface area contributed by atoms with E-state index in [0.717, 1.165) is 11.6 Å². The summed E-state index contributed by atoms with van der Waals surface area (Å²) < 4.78 is 47.2. The summed E-state index contributed by atoms with van der Waals surface area (Å²) in [5.41, 5.74) is 1.62. The van der Waals surface area contributed by atoms with Gasteiger partial charge in [0.2, 0.25) is 0 Å². The molecule has 0 aromatic heterocycles. The molecule has 0 bridgehead atoms. The number of hydrogen-bond acceptors (Lipinski definition) is 3. The molecule has 0 amide bonds. The largest absolute Gasteiger partial charge is 0.497 e. The molecule has 0 saturated carbocycles. The van der Waals surface area contributed by atoms with Crippen molar-refractivity contribution in [3.63, 3.8) is 0 Å². The molecule has 3 aromatic rings. The molecule has 0 spiro atoms. The summed E-state index contributed by atoms with van der Waals surface area (Å²) in [5.74, 6) is 0.00880. The second-order valence-electron chi connectivity index (χ2n) is 6.25. The van der Waals surface area contributed by atoms with Gasteiger partial charge in [0.25, 0.3) is 10.0 Å². The van der Waals surface area contributed by atoms with E-state index in [1.807, 2.05) is 0 Å². The maximum absolute atomic E-state index is 13.8. The predicted molar refractivity (Wildman–Crippen MR) is 109 cm³/mol. The molecular formula is C21H19ClFNO3S. The van der Waals surface area contributed by atoms with Gasteiger partial charge in [0.1, 0.15) is 11.6 Å². The predicted octanol–water partition coefficient (Wildman–Crippen LogP) is 5.19. The molecule has 28 heavy (non-hydrogen) atoms. The van der Waals surface area contributed by atoms with Crippen molar-refractivity contribution in [2.75, 3.05) is 11.4 Å². The van der Waals surface area contributed by atoms with Crippen LogP contribution >= 0.6 is 11.6 Å². The van der Waals surface area contributed by atoms with E-state index in [2.05, 4.69) is 0 Å². The number of halogens is 2. The Balaban J connectivity index is 2.12. The van der Waals surface area contributed by atoms with Gasteiger partial charge >= 0.3 is 0 Å². The average molecular weight is 420 g/mol. The van der Waals surface area contributed by atoms with Crippen LogP contribution in [0.5, 0.6) is 5.75 Å². The molecule has 0 N–H and O–H groups in total. The number of nitrogens with zero attached hydrogens (tertiary/aromatic N) is 1. The lowest BCUT2D eigenvalue weighted by Crippen LogP contribution is -2.31. The van der Waals surface area contributed by atoms with Crippen molar-refractivity contribution in [2.45, 2.75) is 18.4 Å². The molecule has 0 saturated heterocycles. The molecule has 3 rings (SSSR count). The van der Waals surface area contributed by atoms with Crippen LogP contribution in [0.25, 0.3) is 0 Å². The van der Waals surface area contributed by atoms with E-state index >= 15 is 0 Å². The van der Waals surface area contributed by atoms with Gasteiger partial charge in [-0.25, -0.2) is 12.8 Å². The number of aryl methyl sites for hydroxylation is 1. The highest BCUT2D eigenvalue weighted by Gasteiger charge is 2.27. The Morgan fingerprint density at radius 1 is 1.04 bits per heavy atom. The van der Waals surface area contributed by atoms with Gasteiger partial charge in [0, 0.05) is 5.02 Å². The first-order valence-corrected chi connectivity index (χ1v) is 10.3. The van der Waals surface area contributed by atoms with Crippen LogP contribution < -0.4 is 9.04 Å². The molecule has 0 radical (unpaired) electrons. The minimum atomic E-state index is -4.03. The highest BCUT2D eigenvalue weighted by Crippen LogP contribution is 2.29. The number of methoxy groups -OCH3 is 1. The monoisotopic (exact) mass is 419 g/mol. The smallest absolute Gasteiger partial charge is 0.264 e. The average Bonchev–Trinajstić information content (AvgIpc) is 2.69. The minimum Gasteiger partial charge on any atom is -0.497 e. The van der Waals surface area contributed by atoms with Crippen molar-refractivity contribution in [3.8, 4) is 5.75 Å². The first-order valence-electron chi connectivity index (χ1n) is 8.48. The molecular weight excluding hydrogens is 401 g/mol. The Labute approximate surface area is 169 Å². The van der Waals surface area contributed by atoms with Crippen LogP contribution in [-0.4, -0.2) is 15.5 Å². The number of anilines is 1. The third-order valence-corrected chi connectivity index (χ3v) is 6.46. The van der Waals surface area contributed by atoms with E-state index in [1.54, 1.807) is 62.6 Å². The summed E-state index contributed by atoms with van der Waals surface area (Å²) >= 11 is 5.96. The summed E-state index contributed by atoms with van der Waals surface area (Å²) in [7, 11) is -2.48. The maximum Gasteiger partial charge on any atom is 0.264 e. The molecule has 0 aliphatic carbocycles. The molecule has 4 nitrogen and oxygen atoms in total. The summed E-state index contributed by atoms with van der Waals surface area (Å²) in [4.78, 5) is -0.0784. The minimum absolute atomic E-state index is 0.0527. The molecule has 146 valence electrons. The normalized spacial score (nSPS) is 11.3. The van der Waals surface area contributed by atoms with E-state index in [4.69, 9.17) is 16.3 Å². The number of rotatable bonds is 6. The highest BCUT2D eigenvalue weighted by atomic mass is 35.5. The van der Waals surface area contributed by atoms with E-state index in [9.17, 15) is 12.8 Å². The van der Waals surface area contributed by atoms with E-state index < -0.39 is 15.8 Å². The van der Waals surface area contributed by atoms with Gasteiger partial charge in [0.15, 0.2) is 0 Å². The summed E-state index contributed by atoms with van der Waals surface area (Å²) in [5, 5.41) is 0.490. The van der Waals surface area contributed by atoms with Gasteiger partial charge < -0.3 is 4.74 Å². The number of benzene rings is 3. The lowest BCUT2D eigenvalue weighted by atomic mass is 10.2. The van der Waals surface area contributed by atoms with Crippen molar-refractivity contribution in [1.29, 1.82) is 0 Å². The molecule has 7 heteroatoms. The lowest BCUT2D eigenvalue weighted by molar-refractivity contribution is 0.414. The fraction of sp³-hybridized carbons (Fsp3) is 0.143. The molecule has 0 unspecified atom stereocenters. The zero-order valence-corrected chi connectivity index (χ0v) is 17.0. The number of sulfonamides is 1. The summed E-state index contributed by atoms with van der Waals surface area (Å²) in [6.07, 6.45) is 0. The fourth-order valence-corrected chi connectivity index (χ4v) is 4.65. The first-order chi connectivity index (χ1) is 13.3. The van der Waals surface area contributed by atoms with Gasteiger partial charge in [-0.2, -0.15) is 0 Å². The maximum atomic E-state index is 13.8. The van der Waals surface area contributed by atoms with Gasteiger partial charge in [-0.05, 0) is 66.6 Å². The van der Waals surface area contributed by atoms with E-state index in [-0.39, 0.29) is 11.4 Å². The van der Waals surface area contributed by atoms with Crippen molar-refractivity contribution < 1.29 is 17.5 Å². The third-order valence-electron chi connectivity index (χ3n) is 4.29. The SMILES string of the molecule is COc1cccc(CN(c2ccc(Cl)cc2)S(=O)(=O)c2cc(F)ccc2C)c1. The van der Waals surface area contributed by atoms with Crippen molar-refractivity contribution in [2.24, 2.45) is 0 Å². The van der Waals surface area contributed by atoms with Crippen molar-refractivity contribution in [1.82, 2.24) is 0 Å². The standard InChI is InChI=1S/C21H19ClFNO3S/c1-15-6-9-18(23)13-21(15)28(25,26)24(19-10-7-17(22)8-11-19)14-16-4-3-5-20(12-16)27-2/h3-13H,14H2,1-2H3. The van der Waals surface area contributed by atoms with Gasteiger partial charge in [-0.1, -0.05) is 29.8 Å². The van der Waals surface area contributed by atoms with Gasteiger partial charge in [-0.15, -0.1) is 0 Å². The Morgan fingerprint density at radius 2 is 1.75 bits per heavy atom. The molecule has 0 fully saturated rings. The van der Waals surface area contributed by atoms with Crippen LogP contribution in [0.4, 0.5) is 10.1 Å². The molecule has 0 atom stereocenters. The quantitative estimate of drug-likeness (QED) is 0.552. The molecule has 0 aliphatic rings. The van der Waals surface area contributed by atoms with Crippen LogP contribution in [-0.2, 0) is 16.6 Å². The van der Waals surface area contributed by atoms with Gasteiger partial charge in [-0.3, -0.25) is 4.31 Å². The Bertz CT molecular complexity index is 1090. The summed E-state index contributed by atoms with van der Waals surface area (Å²) in [6.45, 7) is 1.69. The van der Waals surface area contributed by atoms with Crippen LogP contribution in [0.15, 0.2) is 71.6 Å². The number of ether oxygens (including phenoxy) is 1. The molecule has 3 aromatic carbocycles. The molecule has 0 aliphatic heterocycles. The first kappa shape index (κ1) is 20.2. The summed E-state index contributed by atoms with van der Waals surface area (Å²) in [6, 6.07) is 17.3. The zero-order valence-electron chi connectivity index (χ0n) is 15.4. The van der Waals surface area contributed by atoms with Crippen LogP contribution in [0, 0.1) is 12.7 Å². The fourth-order valence-electron chi connectivity index (χ4n) is 2.83. The second kappa shape index (κ2) is 8.20. The number of hydrogen-bond donors (Lipinski definition) is 0. The van der Waals surface area contributed by atoms with Crippen molar-refractivity contribution >= 4 is 27.3 Å². The Kier molecular flexibility index (Phi) is 5.91. The zero-order chi connectivity index (χ0) is 20.3. The lowest BCUT2D eigenvalue weighted by Gasteiger charge is -2.26. The Hall–Kier alpha value is -2.57. The van der Waals surface area contributed by atoms with Crippen LogP contribution in [0.3, 0.4) is 0 Å². The molecule has 0 heterocycles. The van der Waals surface area contributed by atoms with Crippen LogP contribution in [0.2, 0.25) is 5.02 Å². The third kappa shape index (κ3) is 4.29. The van der Waals surface area contributed by atoms with E-state index in [1.165, 1.54) is 16.4 Å². The van der Waals surface area contributed by atoms with Crippen LogP contribution in [0.1, 0.15) is 11.1 Å². The van der Waals surface area contributed by atoms with Gasteiger partial charge in [0.05, 0.1) is 24.2 Å². The van der Waals surface area contributed by atoms with E-state index in [0.29, 0.717) is 22.0 Å².